The van der Waals surface area contributed by atoms with Crippen LogP contribution in [0.25, 0.3) is 23.0 Å². The van der Waals surface area contributed by atoms with Gasteiger partial charge in [-0.25, -0.2) is 9.18 Å². The van der Waals surface area contributed by atoms with Crippen molar-refractivity contribution < 1.29 is 23.1 Å². The van der Waals surface area contributed by atoms with E-state index in [1.54, 1.807) is 36.4 Å². The zero-order valence-electron chi connectivity index (χ0n) is 14.6. The summed E-state index contributed by atoms with van der Waals surface area (Å²) in [6.07, 6.45) is 1.57. The van der Waals surface area contributed by atoms with Crippen LogP contribution in [0, 0.1) is 5.82 Å². The average molecular weight is 398 g/mol. The third kappa shape index (κ3) is 3.18. The molecule has 4 rings (SSSR count). The minimum absolute atomic E-state index is 0.105. The minimum Gasteiger partial charge on any atom is -0.465 e. The van der Waals surface area contributed by atoms with Crippen LogP contribution in [0.4, 0.5) is 10.1 Å². The molecule has 0 unspecified atom stereocenters. The van der Waals surface area contributed by atoms with Gasteiger partial charge in [-0.3, -0.25) is 4.79 Å². The normalized spacial score (nSPS) is 14.1. The van der Waals surface area contributed by atoms with Crippen LogP contribution in [0.2, 0.25) is 5.02 Å². The van der Waals surface area contributed by atoms with E-state index in [1.807, 2.05) is 0 Å². The molecule has 0 saturated carbocycles. The maximum atomic E-state index is 14.4. The van der Waals surface area contributed by atoms with E-state index in [0.717, 1.165) is 6.07 Å². The van der Waals surface area contributed by atoms with Crippen molar-refractivity contribution >= 4 is 40.8 Å². The fraction of sp³-hybridized carbons (Fsp3) is 0.0476. The molecule has 140 valence electrons. The fourth-order valence-electron chi connectivity index (χ4n) is 2.98. The van der Waals surface area contributed by atoms with E-state index in [0.29, 0.717) is 27.6 Å². The van der Waals surface area contributed by atoms with Crippen LogP contribution < -0.4 is 5.32 Å². The van der Waals surface area contributed by atoms with Crippen molar-refractivity contribution in [3.05, 3.63) is 76.3 Å². The molecule has 1 amide bonds. The summed E-state index contributed by atoms with van der Waals surface area (Å²) < 4.78 is 24.7. The summed E-state index contributed by atoms with van der Waals surface area (Å²) in [5, 5.41) is 3.26. The van der Waals surface area contributed by atoms with E-state index >= 15 is 0 Å². The lowest BCUT2D eigenvalue weighted by Crippen LogP contribution is -2.03. The van der Waals surface area contributed by atoms with Crippen molar-refractivity contribution in [2.75, 3.05) is 12.4 Å². The number of ether oxygens (including phenoxy) is 1. The molecular formula is C21H13ClFNO4. The predicted molar refractivity (Wildman–Crippen MR) is 103 cm³/mol. The Labute approximate surface area is 164 Å². The van der Waals surface area contributed by atoms with Gasteiger partial charge in [-0.1, -0.05) is 11.6 Å². The van der Waals surface area contributed by atoms with Gasteiger partial charge in [0.1, 0.15) is 17.3 Å². The van der Waals surface area contributed by atoms with Gasteiger partial charge in [0.15, 0.2) is 0 Å². The van der Waals surface area contributed by atoms with Crippen LogP contribution in [0.1, 0.15) is 21.7 Å². The highest BCUT2D eigenvalue weighted by molar-refractivity contribution is 6.36. The van der Waals surface area contributed by atoms with Crippen LogP contribution in [0.3, 0.4) is 0 Å². The van der Waals surface area contributed by atoms with Crippen molar-refractivity contribution in [3.8, 4) is 11.3 Å². The van der Waals surface area contributed by atoms with Gasteiger partial charge in [0.2, 0.25) is 0 Å². The Bertz CT molecular complexity index is 1150. The zero-order chi connectivity index (χ0) is 19.8. The Hall–Kier alpha value is -3.38. The highest BCUT2D eigenvalue weighted by Gasteiger charge is 2.25. The van der Waals surface area contributed by atoms with Crippen LogP contribution in [0.5, 0.6) is 0 Å². The number of anilines is 1. The molecule has 3 aromatic rings. The van der Waals surface area contributed by atoms with E-state index in [9.17, 15) is 14.0 Å². The van der Waals surface area contributed by atoms with Gasteiger partial charge in [-0.2, -0.15) is 0 Å². The zero-order valence-corrected chi connectivity index (χ0v) is 15.3. The SMILES string of the molecule is COC(=O)c1ccc(-c2ccc(/C=C3\C(=O)Nc4ccc(Cl)cc43)o2)c(F)c1. The molecule has 5 nitrogen and oxygen atoms in total. The van der Waals surface area contributed by atoms with Gasteiger partial charge in [-0.05, 0) is 54.6 Å². The summed E-state index contributed by atoms with van der Waals surface area (Å²) in [7, 11) is 1.23. The monoisotopic (exact) mass is 397 g/mol. The fourth-order valence-corrected chi connectivity index (χ4v) is 3.15. The number of methoxy groups -OCH3 is 1. The average Bonchev–Trinajstić information content (AvgIpc) is 3.26. The second kappa shape index (κ2) is 6.98. The first-order chi connectivity index (χ1) is 13.5. The van der Waals surface area contributed by atoms with Crippen LogP contribution in [-0.2, 0) is 9.53 Å². The van der Waals surface area contributed by atoms with Crippen molar-refractivity contribution in [1.29, 1.82) is 0 Å². The largest absolute Gasteiger partial charge is 0.465 e. The van der Waals surface area contributed by atoms with E-state index < -0.39 is 11.8 Å². The van der Waals surface area contributed by atoms with Gasteiger partial charge >= 0.3 is 5.97 Å². The standard InChI is InChI=1S/C21H13ClFNO4/c1-27-21(26)11-2-5-14(17(23)8-11)19-7-4-13(28-19)10-16-15-9-12(22)3-6-18(15)24-20(16)25/h2-10H,1H3,(H,24,25)/b16-10-. The van der Waals surface area contributed by atoms with Crippen molar-refractivity contribution in [3.63, 3.8) is 0 Å². The molecule has 2 aromatic carbocycles. The van der Waals surface area contributed by atoms with Crippen LogP contribution >= 0.6 is 11.6 Å². The number of amides is 1. The molecule has 0 saturated heterocycles. The van der Waals surface area contributed by atoms with Gasteiger partial charge in [0.05, 0.1) is 23.8 Å². The van der Waals surface area contributed by atoms with E-state index in [-0.39, 0.29) is 22.8 Å². The summed E-state index contributed by atoms with van der Waals surface area (Å²) in [6, 6.07) is 12.3. The summed E-state index contributed by atoms with van der Waals surface area (Å²) in [5.74, 6) is -0.870. The third-order valence-electron chi connectivity index (χ3n) is 4.33. The molecule has 28 heavy (non-hydrogen) atoms. The maximum absolute atomic E-state index is 14.4. The number of carbonyl (C=O) groups excluding carboxylic acids is 2. The third-order valence-corrected chi connectivity index (χ3v) is 4.57. The molecule has 0 fully saturated rings. The molecule has 1 aliphatic heterocycles. The number of nitrogens with one attached hydrogen (secondary N) is 1. The molecular weight excluding hydrogens is 385 g/mol. The smallest absolute Gasteiger partial charge is 0.337 e. The molecule has 0 bridgehead atoms. The molecule has 2 heterocycles. The van der Waals surface area contributed by atoms with Gasteiger partial charge < -0.3 is 14.5 Å². The van der Waals surface area contributed by atoms with E-state index in [2.05, 4.69) is 10.1 Å². The number of hydrogen-bond acceptors (Lipinski definition) is 4. The molecule has 0 radical (unpaired) electrons. The lowest BCUT2D eigenvalue weighted by Gasteiger charge is -2.03. The predicted octanol–water partition coefficient (Wildman–Crippen LogP) is 5.02. The second-order valence-corrected chi connectivity index (χ2v) is 6.53. The summed E-state index contributed by atoms with van der Waals surface area (Å²) >= 11 is 6.02. The van der Waals surface area contributed by atoms with Crippen LogP contribution in [-0.4, -0.2) is 19.0 Å². The molecule has 1 aromatic heterocycles. The first kappa shape index (κ1) is 18.0. The first-order valence-electron chi connectivity index (χ1n) is 8.27. The highest BCUT2D eigenvalue weighted by atomic mass is 35.5. The molecule has 0 aliphatic carbocycles. The molecule has 7 heteroatoms. The van der Waals surface area contributed by atoms with Gasteiger partial charge in [0, 0.05) is 16.3 Å². The second-order valence-electron chi connectivity index (χ2n) is 6.09. The summed E-state index contributed by atoms with van der Waals surface area (Å²) in [6.45, 7) is 0. The topological polar surface area (TPSA) is 68.5 Å². The lowest BCUT2D eigenvalue weighted by atomic mass is 10.1. The first-order valence-corrected chi connectivity index (χ1v) is 8.65. The van der Waals surface area contributed by atoms with Crippen molar-refractivity contribution in [2.24, 2.45) is 0 Å². The Morgan fingerprint density at radius 1 is 1.14 bits per heavy atom. The minimum atomic E-state index is -0.625. The van der Waals surface area contributed by atoms with Crippen LogP contribution in [0.15, 0.2) is 52.9 Å². The molecule has 1 aliphatic rings. The Balaban J connectivity index is 1.68. The maximum Gasteiger partial charge on any atom is 0.337 e. The number of benzene rings is 2. The highest BCUT2D eigenvalue weighted by Crippen LogP contribution is 2.36. The van der Waals surface area contributed by atoms with Crippen molar-refractivity contribution in [1.82, 2.24) is 0 Å². The number of carbonyl (C=O) groups is 2. The summed E-state index contributed by atoms with van der Waals surface area (Å²) in [5.41, 5.74) is 2.03. The Morgan fingerprint density at radius 2 is 1.96 bits per heavy atom. The van der Waals surface area contributed by atoms with E-state index in [4.69, 9.17) is 16.0 Å². The number of halogens is 2. The number of furan rings is 1. The summed E-state index contributed by atoms with van der Waals surface area (Å²) in [4.78, 5) is 23.7. The number of esters is 1. The lowest BCUT2D eigenvalue weighted by molar-refractivity contribution is -0.110. The molecule has 1 N–H and O–H groups in total. The number of hydrogen-bond donors (Lipinski definition) is 1. The Kier molecular flexibility index (Phi) is 4.49. The molecule has 0 atom stereocenters. The quantitative estimate of drug-likeness (QED) is 0.497. The van der Waals surface area contributed by atoms with Gasteiger partial charge in [0.25, 0.3) is 5.91 Å². The van der Waals surface area contributed by atoms with E-state index in [1.165, 1.54) is 19.2 Å². The number of fused-ring (bicyclic) bond motifs is 1. The Morgan fingerprint density at radius 3 is 2.71 bits per heavy atom. The molecule has 0 spiro atoms. The van der Waals surface area contributed by atoms with Crippen molar-refractivity contribution in [2.45, 2.75) is 0 Å². The number of rotatable bonds is 3. The van der Waals surface area contributed by atoms with Gasteiger partial charge in [-0.15, -0.1) is 0 Å².